The van der Waals surface area contributed by atoms with Crippen molar-refractivity contribution < 1.29 is 29.1 Å². The van der Waals surface area contributed by atoms with E-state index in [0.29, 0.717) is 25.1 Å². The van der Waals surface area contributed by atoms with E-state index in [0.717, 1.165) is 19.4 Å². The third-order valence-electron chi connectivity index (χ3n) is 5.06. The fourth-order valence-corrected chi connectivity index (χ4v) is 3.60. The topological polar surface area (TPSA) is 143 Å². The van der Waals surface area contributed by atoms with Crippen LogP contribution in [0.4, 0.5) is 0 Å². The fraction of sp³-hybridized carbons (Fsp3) is 0.556. The summed E-state index contributed by atoms with van der Waals surface area (Å²) in [6.45, 7) is 1.85. The second-order valence-corrected chi connectivity index (χ2v) is 7.16. The normalized spacial score (nSPS) is 24.2. The third kappa shape index (κ3) is 5.02. The summed E-state index contributed by atoms with van der Waals surface area (Å²) < 4.78 is 11.1. The standard InChI is InChI=1S/C18H26BN3O6/c20-6-7-21-12-4-5-13(27-10-12)9-16(23)22-15-8-11-2-1-3-14(18(24)25)17(11)28-19(15)26/h1-3,12-13,15,21,26H,4-10,20H2,(H,22,23)(H,24,25). The molecule has 0 radical (unpaired) electrons. The zero-order valence-electron chi connectivity index (χ0n) is 15.6. The Hall–Kier alpha value is -2.14. The fourth-order valence-electron chi connectivity index (χ4n) is 3.60. The van der Waals surface area contributed by atoms with Crippen LogP contribution in [0.2, 0.25) is 0 Å². The van der Waals surface area contributed by atoms with Crippen LogP contribution < -0.4 is 21.0 Å². The minimum Gasteiger partial charge on any atom is -0.534 e. The molecular formula is C18H26BN3O6. The number of fused-ring (bicyclic) bond motifs is 1. The van der Waals surface area contributed by atoms with Crippen molar-refractivity contribution in [2.75, 3.05) is 19.7 Å². The maximum Gasteiger partial charge on any atom is 0.547 e. The number of hydrogen-bond donors (Lipinski definition) is 5. The van der Waals surface area contributed by atoms with Crippen LogP contribution in [0.1, 0.15) is 35.2 Å². The molecule has 2 aliphatic heterocycles. The molecule has 0 aromatic heterocycles. The Kier molecular flexibility index (Phi) is 6.90. The van der Waals surface area contributed by atoms with Gasteiger partial charge < -0.3 is 35.9 Å². The van der Waals surface area contributed by atoms with E-state index in [-0.39, 0.29) is 35.8 Å². The molecule has 1 amide bonds. The first kappa shape index (κ1) is 20.6. The molecule has 2 aliphatic rings. The van der Waals surface area contributed by atoms with Gasteiger partial charge in [0, 0.05) is 19.1 Å². The van der Waals surface area contributed by atoms with Crippen molar-refractivity contribution in [2.24, 2.45) is 5.73 Å². The minimum absolute atomic E-state index is 0.00488. The van der Waals surface area contributed by atoms with Gasteiger partial charge in [0.1, 0.15) is 5.75 Å². The number of carboxylic acid groups (broad SMARTS) is 1. The predicted octanol–water partition coefficient (Wildman–Crippen LogP) is -0.690. The lowest BCUT2D eigenvalue weighted by molar-refractivity contribution is -0.125. The van der Waals surface area contributed by atoms with E-state index in [9.17, 15) is 19.7 Å². The molecular weight excluding hydrogens is 365 g/mol. The van der Waals surface area contributed by atoms with E-state index >= 15 is 0 Å². The number of carboxylic acids is 1. The Labute approximate surface area is 163 Å². The molecule has 0 saturated carbocycles. The van der Waals surface area contributed by atoms with Crippen LogP contribution in [0.25, 0.3) is 0 Å². The molecule has 9 nitrogen and oxygen atoms in total. The minimum atomic E-state index is -1.31. The summed E-state index contributed by atoms with van der Waals surface area (Å²) in [6.07, 6.45) is 2.01. The number of amides is 1. The molecule has 0 spiro atoms. The van der Waals surface area contributed by atoms with Gasteiger partial charge in [-0.2, -0.15) is 0 Å². The quantitative estimate of drug-likeness (QED) is 0.385. The van der Waals surface area contributed by atoms with Gasteiger partial charge in [0.15, 0.2) is 0 Å². The molecule has 2 heterocycles. The van der Waals surface area contributed by atoms with Crippen LogP contribution >= 0.6 is 0 Å². The summed E-state index contributed by atoms with van der Waals surface area (Å²) in [6, 6.07) is 5.03. The summed E-state index contributed by atoms with van der Waals surface area (Å²) in [4.78, 5) is 23.7. The smallest absolute Gasteiger partial charge is 0.534 e. The average molecular weight is 391 g/mol. The number of aromatic carboxylic acids is 1. The molecule has 0 bridgehead atoms. The molecule has 3 atom stereocenters. The molecule has 0 aliphatic carbocycles. The van der Waals surface area contributed by atoms with Gasteiger partial charge in [0.05, 0.1) is 30.6 Å². The van der Waals surface area contributed by atoms with Gasteiger partial charge in [0.2, 0.25) is 5.91 Å². The Morgan fingerprint density at radius 1 is 1.32 bits per heavy atom. The van der Waals surface area contributed by atoms with Gasteiger partial charge in [-0.1, -0.05) is 12.1 Å². The lowest BCUT2D eigenvalue weighted by Gasteiger charge is -2.31. The second kappa shape index (κ2) is 9.38. The summed E-state index contributed by atoms with van der Waals surface area (Å²) in [5.41, 5.74) is 6.11. The van der Waals surface area contributed by atoms with Crippen molar-refractivity contribution >= 4 is 19.0 Å². The molecule has 6 N–H and O–H groups in total. The zero-order chi connectivity index (χ0) is 20.1. The molecule has 3 rings (SSSR count). The molecule has 10 heteroatoms. The van der Waals surface area contributed by atoms with Gasteiger partial charge in [0.25, 0.3) is 0 Å². The Balaban J connectivity index is 1.51. The summed E-state index contributed by atoms with van der Waals surface area (Å²) in [7, 11) is -1.31. The third-order valence-corrected chi connectivity index (χ3v) is 5.06. The molecule has 3 unspecified atom stereocenters. The number of nitrogens with two attached hydrogens (primary N) is 1. The first-order valence-electron chi connectivity index (χ1n) is 9.52. The Morgan fingerprint density at radius 3 is 2.82 bits per heavy atom. The number of nitrogens with one attached hydrogen (secondary N) is 2. The van der Waals surface area contributed by atoms with Crippen LogP contribution in [0, 0.1) is 0 Å². The molecule has 1 saturated heterocycles. The van der Waals surface area contributed by atoms with Crippen molar-refractivity contribution in [3.05, 3.63) is 29.3 Å². The monoisotopic (exact) mass is 391 g/mol. The van der Waals surface area contributed by atoms with Gasteiger partial charge in [-0.3, -0.25) is 4.79 Å². The van der Waals surface area contributed by atoms with Crippen LogP contribution in [0.15, 0.2) is 18.2 Å². The van der Waals surface area contributed by atoms with Crippen LogP contribution in [-0.2, 0) is 16.0 Å². The maximum absolute atomic E-state index is 12.4. The highest BCUT2D eigenvalue weighted by Gasteiger charge is 2.38. The summed E-state index contributed by atoms with van der Waals surface area (Å²) in [5.74, 6) is -1.85. The van der Waals surface area contributed by atoms with Crippen molar-refractivity contribution in [1.29, 1.82) is 0 Å². The number of para-hydroxylation sites is 1. The van der Waals surface area contributed by atoms with Gasteiger partial charge in [-0.05, 0) is 30.9 Å². The number of benzene rings is 1. The highest BCUT2D eigenvalue weighted by molar-refractivity contribution is 6.47. The van der Waals surface area contributed by atoms with E-state index in [2.05, 4.69) is 10.6 Å². The largest absolute Gasteiger partial charge is 0.547 e. The molecule has 1 fully saturated rings. The summed E-state index contributed by atoms with van der Waals surface area (Å²) in [5, 5.41) is 25.5. The second-order valence-electron chi connectivity index (χ2n) is 7.16. The maximum atomic E-state index is 12.4. The Morgan fingerprint density at radius 2 is 2.14 bits per heavy atom. The van der Waals surface area contributed by atoms with E-state index < -0.39 is 19.0 Å². The van der Waals surface area contributed by atoms with Crippen molar-refractivity contribution in [3.63, 3.8) is 0 Å². The lowest BCUT2D eigenvalue weighted by atomic mass is 9.72. The van der Waals surface area contributed by atoms with E-state index in [4.69, 9.17) is 15.1 Å². The van der Waals surface area contributed by atoms with Gasteiger partial charge in [-0.15, -0.1) is 0 Å². The molecule has 152 valence electrons. The molecule has 1 aromatic rings. The first-order chi connectivity index (χ1) is 13.5. The molecule has 28 heavy (non-hydrogen) atoms. The van der Waals surface area contributed by atoms with E-state index in [1.807, 2.05) is 0 Å². The number of carbonyl (C=O) groups excluding carboxylic acids is 1. The highest BCUT2D eigenvalue weighted by atomic mass is 16.5. The van der Waals surface area contributed by atoms with Gasteiger partial charge in [-0.25, -0.2) is 4.79 Å². The Bertz CT molecular complexity index is 711. The molecule has 1 aromatic carbocycles. The van der Waals surface area contributed by atoms with Crippen LogP contribution in [0.5, 0.6) is 5.75 Å². The number of carbonyl (C=O) groups is 2. The lowest BCUT2D eigenvalue weighted by Crippen LogP contribution is -2.53. The SMILES string of the molecule is NCCNC1CCC(CC(=O)NC2Cc3cccc(C(=O)O)c3OB2O)OC1. The average Bonchev–Trinajstić information content (AvgIpc) is 2.67. The van der Waals surface area contributed by atoms with E-state index in [1.54, 1.807) is 12.1 Å². The first-order valence-corrected chi connectivity index (χ1v) is 9.52. The van der Waals surface area contributed by atoms with Crippen molar-refractivity contribution in [1.82, 2.24) is 10.6 Å². The van der Waals surface area contributed by atoms with Crippen LogP contribution in [0.3, 0.4) is 0 Å². The van der Waals surface area contributed by atoms with Crippen molar-refractivity contribution in [3.8, 4) is 5.75 Å². The number of ether oxygens (including phenoxy) is 1. The van der Waals surface area contributed by atoms with Crippen LogP contribution in [-0.4, -0.2) is 66.9 Å². The predicted molar refractivity (Wildman–Crippen MR) is 102 cm³/mol. The van der Waals surface area contributed by atoms with Gasteiger partial charge >= 0.3 is 13.1 Å². The van der Waals surface area contributed by atoms with E-state index in [1.165, 1.54) is 6.07 Å². The van der Waals surface area contributed by atoms with Crippen molar-refractivity contribution in [2.45, 2.75) is 43.8 Å². The number of rotatable bonds is 7. The summed E-state index contributed by atoms with van der Waals surface area (Å²) >= 11 is 0. The highest BCUT2D eigenvalue weighted by Crippen LogP contribution is 2.30. The zero-order valence-corrected chi connectivity index (χ0v) is 15.6. The number of hydrogen-bond acceptors (Lipinski definition) is 7.